The lowest BCUT2D eigenvalue weighted by Gasteiger charge is -2.29. The zero-order chi connectivity index (χ0) is 11.1. The highest BCUT2D eigenvalue weighted by Crippen LogP contribution is 2.24. The summed E-state index contributed by atoms with van der Waals surface area (Å²) >= 11 is 0. The van der Waals surface area contributed by atoms with Crippen LogP contribution in [0.3, 0.4) is 0 Å². The van der Waals surface area contributed by atoms with Crippen LogP contribution in [0.5, 0.6) is 0 Å². The molecular weight excluding hydrogens is 189 g/mol. The molecule has 0 aliphatic carbocycles. The lowest BCUT2D eigenvalue weighted by Crippen LogP contribution is -2.30. The summed E-state index contributed by atoms with van der Waals surface area (Å²) in [5, 5.41) is 0. The second kappa shape index (κ2) is 6.57. The van der Waals surface area contributed by atoms with Crippen molar-refractivity contribution in [3.63, 3.8) is 0 Å². The summed E-state index contributed by atoms with van der Waals surface area (Å²) in [7, 11) is 2.14. The van der Waals surface area contributed by atoms with Crippen LogP contribution in [0.25, 0.3) is 0 Å². The molecule has 0 aromatic heterocycles. The summed E-state index contributed by atoms with van der Waals surface area (Å²) in [6, 6.07) is 0. The van der Waals surface area contributed by atoms with E-state index in [1.54, 1.807) is 12.2 Å². The molecule has 1 heterocycles. The average Bonchev–Trinajstić information content (AvgIpc) is 2.25. The Kier molecular flexibility index (Phi) is 5.33. The second-order valence-electron chi connectivity index (χ2n) is 4.04. The Morgan fingerprint density at radius 3 is 2.67 bits per heavy atom. The number of hydrogen-bond donors (Lipinski definition) is 0. The minimum absolute atomic E-state index is 0.388. The molecule has 1 saturated heterocycles. The first-order valence-corrected chi connectivity index (χ1v) is 5.51. The fourth-order valence-electron chi connectivity index (χ4n) is 1.99. The monoisotopic (exact) mass is 209 g/mol. The first-order valence-electron chi connectivity index (χ1n) is 5.51. The van der Waals surface area contributed by atoms with Crippen LogP contribution in [0.1, 0.15) is 12.8 Å². The van der Waals surface area contributed by atoms with E-state index in [0.29, 0.717) is 5.92 Å². The molecule has 84 valence electrons. The largest absolute Gasteiger partial charge is 0.306 e. The molecule has 0 unspecified atom stereocenters. The van der Waals surface area contributed by atoms with Gasteiger partial charge in [-0.25, -0.2) is 4.39 Å². The number of alkyl halides is 1. The number of halogens is 1. The van der Waals surface area contributed by atoms with Crippen LogP contribution < -0.4 is 0 Å². The lowest BCUT2D eigenvalue weighted by molar-refractivity contribution is 0.240. The van der Waals surface area contributed by atoms with Crippen LogP contribution in [0.2, 0.25) is 0 Å². The van der Waals surface area contributed by atoms with Gasteiger partial charge in [0.1, 0.15) is 6.67 Å². The zero-order valence-corrected chi connectivity index (χ0v) is 9.45. The van der Waals surface area contributed by atoms with Crippen molar-refractivity contribution in [2.45, 2.75) is 12.8 Å². The quantitative estimate of drug-likeness (QED) is 0.643. The van der Waals surface area contributed by atoms with E-state index < -0.39 is 0 Å². The smallest absolute Gasteiger partial charge is 0.108 e. The van der Waals surface area contributed by atoms with Gasteiger partial charge in [-0.3, -0.25) is 0 Å². The van der Waals surface area contributed by atoms with Gasteiger partial charge >= 0.3 is 0 Å². The first-order chi connectivity index (χ1) is 7.27. The maximum absolute atomic E-state index is 12.1. The third kappa shape index (κ3) is 4.00. The van der Waals surface area contributed by atoms with Crippen molar-refractivity contribution in [2.24, 2.45) is 5.92 Å². The Balaban J connectivity index is 2.60. The molecule has 15 heavy (non-hydrogen) atoms. The number of rotatable bonds is 4. The molecule has 0 aromatic carbocycles. The van der Waals surface area contributed by atoms with E-state index >= 15 is 0 Å². The molecule has 0 aromatic rings. The summed E-state index contributed by atoms with van der Waals surface area (Å²) in [5.41, 5.74) is 1.22. The predicted molar refractivity (Wildman–Crippen MR) is 63.6 cm³/mol. The van der Waals surface area contributed by atoms with Gasteiger partial charge in [-0.1, -0.05) is 30.9 Å². The molecule has 1 fully saturated rings. The Morgan fingerprint density at radius 1 is 1.47 bits per heavy atom. The van der Waals surface area contributed by atoms with Gasteiger partial charge in [-0.2, -0.15) is 0 Å². The van der Waals surface area contributed by atoms with Crippen molar-refractivity contribution in [3.8, 4) is 0 Å². The molecule has 0 amide bonds. The maximum Gasteiger partial charge on any atom is 0.108 e. The van der Waals surface area contributed by atoms with Crippen LogP contribution in [0.4, 0.5) is 4.39 Å². The van der Waals surface area contributed by atoms with Gasteiger partial charge in [-0.05, 0) is 44.5 Å². The van der Waals surface area contributed by atoms with Gasteiger partial charge in [0, 0.05) is 0 Å². The lowest BCUT2D eigenvalue weighted by atomic mass is 9.88. The van der Waals surface area contributed by atoms with Crippen molar-refractivity contribution >= 4 is 0 Å². The predicted octanol–water partition coefficient (Wildman–Crippen LogP) is 2.97. The molecule has 1 nitrogen and oxygen atoms in total. The molecule has 0 spiro atoms. The topological polar surface area (TPSA) is 3.24 Å². The number of hydrogen-bond acceptors (Lipinski definition) is 1. The fourth-order valence-corrected chi connectivity index (χ4v) is 1.99. The molecule has 1 aliphatic heterocycles. The van der Waals surface area contributed by atoms with E-state index in [1.165, 1.54) is 5.57 Å². The molecule has 1 aliphatic rings. The number of piperidine rings is 1. The zero-order valence-electron chi connectivity index (χ0n) is 9.45. The molecule has 0 atom stereocenters. The van der Waals surface area contributed by atoms with E-state index in [-0.39, 0.29) is 6.67 Å². The van der Waals surface area contributed by atoms with E-state index in [9.17, 15) is 4.39 Å². The van der Waals surface area contributed by atoms with E-state index in [0.717, 1.165) is 25.9 Å². The molecule has 1 rings (SSSR count). The highest BCUT2D eigenvalue weighted by molar-refractivity contribution is 5.26. The Labute approximate surface area is 92.0 Å². The molecule has 0 saturated carbocycles. The average molecular weight is 209 g/mol. The molecule has 0 N–H and O–H groups in total. The summed E-state index contributed by atoms with van der Waals surface area (Å²) < 4.78 is 12.1. The Hall–Kier alpha value is -0.890. The highest BCUT2D eigenvalue weighted by Gasteiger charge is 2.18. The molecule has 0 radical (unpaired) electrons. The van der Waals surface area contributed by atoms with Crippen molar-refractivity contribution in [1.29, 1.82) is 0 Å². The van der Waals surface area contributed by atoms with Crippen LogP contribution in [-0.4, -0.2) is 31.7 Å². The second-order valence-corrected chi connectivity index (χ2v) is 4.04. The number of likely N-dealkylation sites (tertiary alicyclic amines) is 1. The third-order valence-corrected chi connectivity index (χ3v) is 2.90. The minimum atomic E-state index is -0.388. The molecule has 0 bridgehead atoms. The Bertz CT molecular complexity index is 247. The van der Waals surface area contributed by atoms with Crippen LogP contribution in [-0.2, 0) is 0 Å². The summed E-state index contributed by atoms with van der Waals surface area (Å²) in [4.78, 5) is 2.33. The van der Waals surface area contributed by atoms with Crippen molar-refractivity contribution < 1.29 is 4.39 Å². The minimum Gasteiger partial charge on any atom is -0.306 e. The molecule has 2 heteroatoms. The SMILES string of the molecule is C=C/C=C(\C=C/CF)C1CCN(C)CC1. The summed E-state index contributed by atoms with van der Waals surface area (Å²) in [6.45, 7) is 5.57. The van der Waals surface area contributed by atoms with Gasteiger partial charge in [0.15, 0.2) is 0 Å². The highest BCUT2D eigenvalue weighted by atomic mass is 19.1. The van der Waals surface area contributed by atoms with E-state index in [4.69, 9.17) is 0 Å². The fraction of sp³-hybridized carbons (Fsp3) is 0.538. The van der Waals surface area contributed by atoms with Crippen molar-refractivity contribution in [2.75, 3.05) is 26.8 Å². The number of allylic oxidation sites excluding steroid dienone is 5. The first kappa shape index (κ1) is 12.2. The maximum atomic E-state index is 12.1. The van der Waals surface area contributed by atoms with Crippen molar-refractivity contribution in [1.82, 2.24) is 4.90 Å². The van der Waals surface area contributed by atoms with Crippen LogP contribution in [0, 0.1) is 5.92 Å². The third-order valence-electron chi connectivity index (χ3n) is 2.90. The van der Waals surface area contributed by atoms with Gasteiger partial charge in [0.25, 0.3) is 0 Å². The van der Waals surface area contributed by atoms with Gasteiger partial charge in [0.05, 0.1) is 0 Å². The summed E-state index contributed by atoms with van der Waals surface area (Å²) in [5.74, 6) is 0.571. The summed E-state index contributed by atoms with van der Waals surface area (Å²) in [6.07, 6.45) is 9.59. The van der Waals surface area contributed by atoms with Gasteiger partial charge in [0.2, 0.25) is 0 Å². The molecular formula is C13H20FN. The van der Waals surface area contributed by atoms with Crippen LogP contribution in [0.15, 0.2) is 36.5 Å². The van der Waals surface area contributed by atoms with E-state index in [1.807, 2.05) is 12.2 Å². The normalized spacial score (nSPS) is 21.1. The van der Waals surface area contributed by atoms with Gasteiger partial charge < -0.3 is 4.90 Å². The van der Waals surface area contributed by atoms with Crippen molar-refractivity contribution in [3.05, 3.63) is 36.5 Å². The van der Waals surface area contributed by atoms with Gasteiger partial charge in [-0.15, -0.1) is 0 Å². The Morgan fingerprint density at radius 2 is 2.13 bits per heavy atom. The van der Waals surface area contributed by atoms with Crippen LogP contribution >= 0.6 is 0 Å². The standard InChI is InChI=1S/C13H20FN/c1-3-5-12(6-4-9-14)13-7-10-15(2)11-8-13/h3-6,13H,1,7-11H2,2H3/b6-4-,12-5+. The van der Waals surface area contributed by atoms with E-state index in [2.05, 4.69) is 18.5 Å². The number of nitrogens with zero attached hydrogens (tertiary/aromatic N) is 1.